The van der Waals surface area contributed by atoms with E-state index in [1.807, 2.05) is 30.3 Å². The van der Waals surface area contributed by atoms with E-state index in [1.165, 1.54) is 18.2 Å². The molecule has 0 bridgehead atoms. The van der Waals surface area contributed by atoms with Gasteiger partial charge in [0.2, 0.25) is 0 Å². The first-order valence-corrected chi connectivity index (χ1v) is 8.96. The molecule has 0 radical (unpaired) electrons. The van der Waals surface area contributed by atoms with Crippen molar-refractivity contribution in [2.75, 3.05) is 0 Å². The first kappa shape index (κ1) is 18.7. The Morgan fingerprint density at radius 3 is 2.54 bits per heavy atom. The van der Waals surface area contributed by atoms with Crippen LogP contribution in [-0.4, -0.2) is 12.0 Å². The topological polar surface area (TPSA) is 64.6 Å². The first-order chi connectivity index (χ1) is 11.5. The van der Waals surface area contributed by atoms with Crippen molar-refractivity contribution in [2.45, 2.75) is 19.6 Å². The fraction of sp³-hybridized carbons (Fsp3) is 0.188. The van der Waals surface area contributed by atoms with E-state index in [0.29, 0.717) is 5.02 Å². The van der Waals surface area contributed by atoms with Gasteiger partial charge in [-0.1, -0.05) is 58.6 Å². The smallest absolute Gasteiger partial charge is 0.460 e. The first-order valence-electron chi connectivity index (χ1n) is 7.02. The summed E-state index contributed by atoms with van der Waals surface area (Å²) in [5, 5.41) is 3.19. The Morgan fingerprint density at radius 1 is 1.17 bits per heavy atom. The van der Waals surface area contributed by atoms with Gasteiger partial charge in [-0.05, 0) is 24.6 Å². The second kappa shape index (κ2) is 9.00. The lowest BCUT2D eigenvalue weighted by Crippen LogP contribution is -2.31. The SMILES string of the molecule is C[C@H](N[P+](=O)Oc1ccc(Cl)c(Cl)c1)C(=O)OCc1ccccc1. The van der Waals surface area contributed by atoms with E-state index in [9.17, 15) is 9.36 Å². The second-order valence-corrected chi connectivity index (χ2v) is 6.64. The zero-order valence-corrected chi connectivity index (χ0v) is 15.1. The molecule has 2 aromatic rings. The molecule has 2 rings (SSSR count). The van der Waals surface area contributed by atoms with E-state index in [2.05, 4.69) is 5.09 Å². The van der Waals surface area contributed by atoms with E-state index in [0.717, 1.165) is 5.56 Å². The summed E-state index contributed by atoms with van der Waals surface area (Å²) in [6, 6.07) is 13.0. The van der Waals surface area contributed by atoms with E-state index >= 15 is 0 Å². The molecule has 8 heteroatoms. The van der Waals surface area contributed by atoms with Crippen LogP contribution in [0.3, 0.4) is 0 Å². The molecule has 0 saturated heterocycles. The molecule has 24 heavy (non-hydrogen) atoms. The van der Waals surface area contributed by atoms with Gasteiger partial charge in [-0.3, -0.25) is 4.79 Å². The van der Waals surface area contributed by atoms with Crippen molar-refractivity contribution in [1.82, 2.24) is 5.09 Å². The molecule has 0 saturated carbocycles. The fourth-order valence-electron chi connectivity index (χ4n) is 1.72. The van der Waals surface area contributed by atoms with Gasteiger partial charge in [0, 0.05) is 10.6 Å². The highest BCUT2D eigenvalue weighted by Gasteiger charge is 2.28. The molecule has 0 amide bonds. The van der Waals surface area contributed by atoms with Gasteiger partial charge in [0.05, 0.1) is 10.0 Å². The number of carbonyl (C=O) groups is 1. The average molecular weight is 387 g/mol. The third-order valence-corrected chi connectivity index (χ3v) is 4.67. The molecule has 0 aliphatic heterocycles. The van der Waals surface area contributed by atoms with E-state index in [1.54, 1.807) is 6.92 Å². The fourth-order valence-corrected chi connectivity index (χ4v) is 2.79. The summed E-state index contributed by atoms with van der Waals surface area (Å²) in [5.41, 5.74) is 0.870. The minimum Gasteiger partial charge on any atom is -0.460 e. The van der Waals surface area contributed by atoms with Crippen molar-refractivity contribution >= 4 is 37.3 Å². The number of carbonyl (C=O) groups excluding carboxylic acids is 1. The van der Waals surface area contributed by atoms with E-state index < -0.39 is 20.2 Å². The summed E-state index contributed by atoms with van der Waals surface area (Å²) in [4.78, 5) is 11.9. The van der Waals surface area contributed by atoms with Crippen LogP contribution in [0, 0.1) is 0 Å². The molecular weight excluding hydrogens is 372 g/mol. The molecule has 1 unspecified atom stereocenters. The molecule has 5 nitrogen and oxygen atoms in total. The highest BCUT2D eigenvalue weighted by molar-refractivity contribution is 7.37. The molecule has 0 spiro atoms. The maximum atomic E-state index is 11.9. The van der Waals surface area contributed by atoms with Crippen LogP contribution in [0.4, 0.5) is 0 Å². The van der Waals surface area contributed by atoms with Crippen LogP contribution in [-0.2, 0) is 20.7 Å². The molecule has 1 N–H and O–H groups in total. The number of hydrogen-bond donors (Lipinski definition) is 1. The standard InChI is InChI=1S/C16H15Cl2NO4P/c1-11(16(20)22-10-12-5-3-2-4-6-12)19-24(21)23-13-7-8-14(17)15(18)9-13/h2-9,11H,10H2,1H3,(H,19,21)/q+1/t11-/m0/s1. The van der Waals surface area contributed by atoms with Crippen LogP contribution in [0.5, 0.6) is 5.75 Å². The van der Waals surface area contributed by atoms with Crippen molar-refractivity contribution in [2.24, 2.45) is 0 Å². The van der Waals surface area contributed by atoms with Gasteiger partial charge in [0.25, 0.3) is 0 Å². The van der Waals surface area contributed by atoms with E-state index in [-0.39, 0.29) is 17.4 Å². The maximum Gasteiger partial charge on any atom is 0.664 e. The number of halogens is 2. The number of hydrogen-bond acceptors (Lipinski definition) is 4. The van der Waals surface area contributed by atoms with Gasteiger partial charge in [0.1, 0.15) is 12.6 Å². The quantitative estimate of drug-likeness (QED) is 0.549. The second-order valence-electron chi connectivity index (χ2n) is 4.87. The van der Waals surface area contributed by atoms with Gasteiger partial charge in [-0.2, -0.15) is 0 Å². The Morgan fingerprint density at radius 2 is 1.88 bits per heavy atom. The molecule has 0 heterocycles. The lowest BCUT2D eigenvalue weighted by atomic mass is 10.2. The normalized spacial score (nSPS) is 12.4. The van der Waals surface area contributed by atoms with Gasteiger partial charge < -0.3 is 4.74 Å². The molecule has 2 aromatic carbocycles. The average Bonchev–Trinajstić information content (AvgIpc) is 2.56. The van der Waals surface area contributed by atoms with Crippen LogP contribution in [0.2, 0.25) is 10.0 Å². The Kier molecular flexibility index (Phi) is 7.00. The van der Waals surface area contributed by atoms with Gasteiger partial charge in [-0.15, -0.1) is 0 Å². The zero-order chi connectivity index (χ0) is 17.5. The molecule has 126 valence electrons. The molecule has 0 aromatic heterocycles. The molecule has 2 atom stereocenters. The van der Waals surface area contributed by atoms with Gasteiger partial charge in [-0.25, -0.2) is 4.52 Å². The Hall–Kier alpha value is -1.65. The Balaban J connectivity index is 1.81. The summed E-state index contributed by atoms with van der Waals surface area (Å²) in [7, 11) is -2.32. The maximum absolute atomic E-state index is 11.9. The molecule has 0 aliphatic rings. The highest BCUT2D eigenvalue weighted by Crippen LogP contribution is 2.30. The third-order valence-electron chi connectivity index (χ3n) is 2.96. The number of rotatable bonds is 7. The lowest BCUT2D eigenvalue weighted by Gasteiger charge is -2.07. The predicted molar refractivity (Wildman–Crippen MR) is 93.5 cm³/mol. The minimum absolute atomic E-state index is 0.149. The Labute approximate surface area is 150 Å². The van der Waals surface area contributed by atoms with E-state index in [4.69, 9.17) is 32.5 Å². The zero-order valence-electron chi connectivity index (χ0n) is 12.7. The molecule has 0 aliphatic carbocycles. The minimum atomic E-state index is -2.32. The van der Waals surface area contributed by atoms with Crippen molar-refractivity contribution in [3.05, 3.63) is 64.1 Å². The highest BCUT2D eigenvalue weighted by atomic mass is 35.5. The van der Waals surface area contributed by atoms with Gasteiger partial charge >= 0.3 is 14.1 Å². The summed E-state index contributed by atoms with van der Waals surface area (Å²) < 4.78 is 22.3. The van der Waals surface area contributed by atoms with Crippen molar-refractivity contribution in [3.63, 3.8) is 0 Å². The van der Waals surface area contributed by atoms with Crippen molar-refractivity contribution in [3.8, 4) is 5.75 Å². The summed E-state index contributed by atoms with van der Waals surface area (Å²) >= 11 is 11.6. The number of nitrogens with one attached hydrogen (secondary N) is 1. The summed E-state index contributed by atoms with van der Waals surface area (Å²) in [6.45, 7) is 1.69. The number of ether oxygens (including phenoxy) is 1. The van der Waals surface area contributed by atoms with Crippen LogP contribution in [0.1, 0.15) is 12.5 Å². The Bertz CT molecular complexity index is 727. The van der Waals surface area contributed by atoms with Crippen LogP contribution < -0.4 is 9.61 Å². The van der Waals surface area contributed by atoms with Crippen molar-refractivity contribution in [1.29, 1.82) is 0 Å². The summed E-state index contributed by atoms with van der Waals surface area (Å²) in [5.74, 6) is -0.247. The molecular formula is C16H15Cl2NO4P+. The van der Waals surface area contributed by atoms with Crippen LogP contribution in [0.15, 0.2) is 48.5 Å². The predicted octanol–water partition coefficient (Wildman–Crippen LogP) is 4.75. The third kappa shape index (κ3) is 5.77. The van der Waals surface area contributed by atoms with Gasteiger partial charge in [0.15, 0.2) is 5.75 Å². The largest absolute Gasteiger partial charge is 0.664 e. The number of esters is 1. The van der Waals surface area contributed by atoms with Crippen molar-refractivity contribution < 1.29 is 18.6 Å². The monoisotopic (exact) mass is 386 g/mol. The van der Waals surface area contributed by atoms with Crippen LogP contribution in [0.25, 0.3) is 0 Å². The number of benzene rings is 2. The summed E-state index contributed by atoms with van der Waals surface area (Å²) in [6.07, 6.45) is 0. The van der Waals surface area contributed by atoms with Crippen LogP contribution >= 0.6 is 31.4 Å². The lowest BCUT2D eigenvalue weighted by molar-refractivity contribution is -0.146. The molecule has 0 fully saturated rings.